The van der Waals surface area contributed by atoms with Gasteiger partial charge in [-0.1, -0.05) is 19.6 Å². The van der Waals surface area contributed by atoms with Crippen LogP contribution >= 0.6 is 15.9 Å². The lowest BCUT2D eigenvalue weighted by molar-refractivity contribution is 0.0847. The predicted octanol–water partition coefficient (Wildman–Crippen LogP) is 3.06. The van der Waals surface area contributed by atoms with Crippen molar-refractivity contribution in [2.45, 2.75) is 32.4 Å². The lowest BCUT2D eigenvalue weighted by Gasteiger charge is -2.15. The minimum atomic E-state index is -1.11. The second kappa shape index (κ2) is 5.60. The van der Waals surface area contributed by atoms with Gasteiger partial charge >= 0.3 is 5.76 Å². The molecular formula is C12H17BrN2O3Si. The molecule has 2 aromatic heterocycles. The number of oxazole rings is 1. The van der Waals surface area contributed by atoms with Gasteiger partial charge < -0.3 is 9.15 Å². The van der Waals surface area contributed by atoms with E-state index in [0.29, 0.717) is 17.8 Å². The molecule has 5 nitrogen and oxygen atoms in total. The molecule has 0 fully saturated rings. The Morgan fingerprint density at radius 1 is 1.47 bits per heavy atom. The molecule has 0 saturated heterocycles. The molecule has 2 heterocycles. The second-order valence-electron chi connectivity index (χ2n) is 5.62. The van der Waals surface area contributed by atoms with Gasteiger partial charge in [0.2, 0.25) is 0 Å². The fourth-order valence-electron chi connectivity index (χ4n) is 1.57. The molecule has 0 aliphatic rings. The number of hydrogen-bond acceptors (Lipinski definition) is 4. The molecule has 0 N–H and O–H groups in total. The van der Waals surface area contributed by atoms with Crippen LogP contribution in [0, 0.1) is 0 Å². The van der Waals surface area contributed by atoms with E-state index in [1.165, 1.54) is 4.57 Å². The first-order chi connectivity index (χ1) is 8.87. The van der Waals surface area contributed by atoms with Crippen molar-refractivity contribution in [1.82, 2.24) is 9.55 Å². The van der Waals surface area contributed by atoms with E-state index in [2.05, 4.69) is 40.6 Å². The number of nitrogens with zero attached hydrogens (tertiary/aromatic N) is 2. The van der Waals surface area contributed by atoms with Gasteiger partial charge in [-0.25, -0.2) is 14.3 Å². The zero-order valence-corrected chi connectivity index (χ0v) is 13.9. The minimum absolute atomic E-state index is 0.185. The molecule has 0 amide bonds. The van der Waals surface area contributed by atoms with Crippen LogP contribution in [0.2, 0.25) is 25.7 Å². The highest BCUT2D eigenvalue weighted by Crippen LogP contribution is 2.16. The Hall–Kier alpha value is -0.923. The summed E-state index contributed by atoms with van der Waals surface area (Å²) in [7, 11) is -1.11. The number of fused-ring (bicyclic) bond motifs is 1. The number of hydrogen-bond donors (Lipinski definition) is 0. The van der Waals surface area contributed by atoms with Gasteiger partial charge in [-0.3, -0.25) is 0 Å². The maximum absolute atomic E-state index is 11.7. The zero-order valence-electron chi connectivity index (χ0n) is 11.3. The molecule has 0 aliphatic carbocycles. The molecule has 0 bridgehead atoms. The summed E-state index contributed by atoms with van der Waals surface area (Å²) in [5, 5.41) is 0. The third-order valence-corrected chi connectivity index (χ3v) is 4.83. The lowest BCUT2D eigenvalue weighted by Crippen LogP contribution is -2.23. The van der Waals surface area contributed by atoms with Crippen molar-refractivity contribution in [1.29, 1.82) is 0 Å². The van der Waals surface area contributed by atoms with Gasteiger partial charge in [0.25, 0.3) is 0 Å². The second-order valence-corrected chi connectivity index (χ2v) is 12.2. The van der Waals surface area contributed by atoms with Gasteiger partial charge in [-0.15, -0.1) is 0 Å². The fourth-order valence-corrected chi connectivity index (χ4v) is 2.64. The number of rotatable bonds is 5. The normalized spacial score (nSPS) is 12.2. The topological polar surface area (TPSA) is 57.3 Å². The third-order valence-electron chi connectivity index (χ3n) is 2.69. The highest BCUT2D eigenvalue weighted by Gasteiger charge is 2.14. The largest absolute Gasteiger partial charge is 0.423 e. The molecule has 0 atom stereocenters. The van der Waals surface area contributed by atoms with Crippen LogP contribution in [0.1, 0.15) is 0 Å². The number of ether oxygens (including phenoxy) is 1. The van der Waals surface area contributed by atoms with E-state index in [1.54, 1.807) is 12.3 Å². The van der Waals surface area contributed by atoms with Gasteiger partial charge in [-0.05, 0) is 22.0 Å². The molecule has 7 heteroatoms. The average molecular weight is 345 g/mol. The Balaban J connectivity index is 2.09. The Bertz CT molecular complexity index is 630. The summed E-state index contributed by atoms with van der Waals surface area (Å²) in [6, 6.07) is 2.79. The summed E-state index contributed by atoms with van der Waals surface area (Å²) in [5.41, 5.74) is 0.981. The van der Waals surface area contributed by atoms with Gasteiger partial charge in [0.05, 0.1) is 0 Å². The first kappa shape index (κ1) is 14.5. The monoisotopic (exact) mass is 344 g/mol. The Labute approximate surface area is 120 Å². The average Bonchev–Trinajstić information content (AvgIpc) is 2.58. The van der Waals surface area contributed by atoms with Crippen LogP contribution in [-0.4, -0.2) is 24.2 Å². The summed E-state index contributed by atoms with van der Waals surface area (Å²) in [6.45, 7) is 7.70. The van der Waals surface area contributed by atoms with Crippen LogP contribution in [-0.2, 0) is 11.5 Å². The van der Waals surface area contributed by atoms with Crippen LogP contribution in [0.15, 0.2) is 25.9 Å². The van der Waals surface area contributed by atoms with Gasteiger partial charge in [0.15, 0.2) is 11.2 Å². The number of aromatic nitrogens is 2. The number of halogens is 1. The molecule has 0 saturated carbocycles. The molecule has 0 spiro atoms. The predicted molar refractivity (Wildman–Crippen MR) is 80.1 cm³/mol. The highest BCUT2D eigenvalue weighted by atomic mass is 79.9. The van der Waals surface area contributed by atoms with Crippen molar-refractivity contribution in [2.24, 2.45) is 0 Å². The molecular weight excluding hydrogens is 328 g/mol. The molecule has 0 unspecified atom stereocenters. The van der Waals surface area contributed by atoms with Gasteiger partial charge in [-0.2, -0.15) is 0 Å². The van der Waals surface area contributed by atoms with Crippen LogP contribution < -0.4 is 5.76 Å². The van der Waals surface area contributed by atoms with E-state index in [1.807, 2.05) is 0 Å². The third kappa shape index (κ3) is 3.77. The highest BCUT2D eigenvalue weighted by molar-refractivity contribution is 9.10. The van der Waals surface area contributed by atoms with Crippen molar-refractivity contribution >= 4 is 35.2 Å². The molecule has 2 aromatic rings. The van der Waals surface area contributed by atoms with Crippen LogP contribution in [0.3, 0.4) is 0 Å². The van der Waals surface area contributed by atoms with E-state index in [9.17, 15) is 4.79 Å². The summed E-state index contributed by atoms with van der Waals surface area (Å²) in [6.07, 6.45) is 1.63. The molecule has 19 heavy (non-hydrogen) atoms. The Morgan fingerprint density at radius 2 is 2.21 bits per heavy atom. The maximum Gasteiger partial charge on any atom is 0.423 e. The van der Waals surface area contributed by atoms with Gasteiger partial charge in [0.1, 0.15) is 6.73 Å². The van der Waals surface area contributed by atoms with Crippen molar-refractivity contribution < 1.29 is 9.15 Å². The molecule has 0 aromatic carbocycles. The van der Waals surface area contributed by atoms with E-state index in [4.69, 9.17) is 9.15 Å². The lowest BCUT2D eigenvalue weighted by atomic mass is 10.4. The quantitative estimate of drug-likeness (QED) is 0.617. The van der Waals surface area contributed by atoms with Crippen LogP contribution in [0.25, 0.3) is 11.2 Å². The zero-order chi connectivity index (χ0) is 14.0. The van der Waals surface area contributed by atoms with Crippen molar-refractivity contribution in [2.75, 3.05) is 6.61 Å². The molecule has 0 radical (unpaired) electrons. The van der Waals surface area contributed by atoms with Crippen molar-refractivity contribution in [3.05, 3.63) is 27.3 Å². The first-order valence-corrected chi connectivity index (χ1v) is 10.6. The van der Waals surface area contributed by atoms with Crippen LogP contribution in [0.4, 0.5) is 0 Å². The molecule has 2 rings (SSSR count). The van der Waals surface area contributed by atoms with Crippen molar-refractivity contribution in [3.63, 3.8) is 0 Å². The Kier molecular flexibility index (Phi) is 4.27. The summed E-state index contributed by atoms with van der Waals surface area (Å²) >= 11 is 3.29. The standard InChI is InChI=1S/C12H17BrN2O3Si/c1-19(2,3)5-4-17-8-15-11-10(18-12(15)16)6-9(13)7-14-11/h6-7H,4-5,8H2,1-3H3. The number of pyridine rings is 1. The van der Waals surface area contributed by atoms with Gasteiger partial charge in [0, 0.05) is 31.4 Å². The van der Waals surface area contributed by atoms with E-state index < -0.39 is 13.8 Å². The van der Waals surface area contributed by atoms with Crippen molar-refractivity contribution in [3.8, 4) is 0 Å². The smallest absolute Gasteiger partial charge is 0.406 e. The minimum Gasteiger partial charge on any atom is -0.406 e. The van der Waals surface area contributed by atoms with E-state index in [0.717, 1.165) is 10.5 Å². The Morgan fingerprint density at radius 3 is 2.89 bits per heavy atom. The molecule has 104 valence electrons. The van der Waals surface area contributed by atoms with E-state index >= 15 is 0 Å². The maximum atomic E-state index is 11.7. The van der Waals surface area contributed by atoms with Crippen LogP contribution in [0.5, 0.6) is 0 Å². The molecule has 0 aliphatic heterocycles. The first-order valence-electron chi connectivity index (χ1n) is 6.09. The SMILES string of the molecule is C[Si](C)(C)CCOCn1c(=O)oc2cc(Br)cnc21. The summed E-state index contributed by atoms with van der Waals surface area (Å²) in [4.78, 5) is 15.9. The fraction of sp³-hybridized carbons (Fsp3) is 0.500. The van der Waals surface area contributed by atoms with E-state index in [-0.39, 0.29) is 6.73 Å². The summed E-state index contributed by atoms with van der Waals surface area (Å²) < 4.78 is 12.9. The summed E-state index contributed by atoms with van der Waals surface area (Å²) in [5.74, 6) is -0.436.